The summed E-state index contributed by atoms with van der Waals surface area (Å²) >= 11 is 6.65. The van der Waals surface area contributed by atoms with Crippen LogP contribution in [0.5, 0.6) is 5.75 Å². The number of aryl methyl sites for hydroxylation is 2. The number of aromatic nitrogens is 3. The van der Waals surface area contributed by atoms with Gasteiger partial charge in [0.15, 0.2) is 0 Å². The lowest BCUT2D eigenvalue weighted by atomic mass is 10.1. The largest absolute Gasteiger partial charge is 0.494 e. The minimum Gasteiger partial charge on any atom is -0.494 e. The number of ether oxygens (including phenoxy) is 1. The second-order valence-electron chi connectivity index (χ2n) is 9.66. The zero-order valence-electron chi connectivity index (χ0n) is 23.2. The molecule has 0 saturated heterocycles. The molecule has 0 unspecified atom stereocenters. The molecule has 4 aromatic rings. The molecular formula is C29H34ClN7O2. The molecule has 1 amide bonds. The molecule has 0 radical (unpaired) electrons. The molecule has 9 nitrogen and oxygen atoms in total. The van der Waals surface area contributed by atoms with Gasteiger partial charge in [0.2, 0.25) is 11.9 Å². The molecule has 0 atom stereocenters. The minimum atomic E-state index is -0.310. The summed E-state index contributed by atoms with van der Waals surface area (Å²) in [6.07, 6.45) is 4.99. The molecule has 0 spiro atoms. The number of methoxy groups -OCH3 is 1. The second-order valence-corrected chi connectivity index (χ2v) is 10.1. The van der Waals surface area contributed by atoms with Crippen molar-refractivity contribution in [2.75, 3.05) is 56.9 Å². The molecule has 0 aliphatic rings. The third kappa shape index (κ3) is 6.16. The molecule has 4 rings (SSSR count). The van der Waals surface area contributed by atoms with Gasteiger partial charge < -0.3 is 29.7 Å². The Morgan fingerprint density at radius 2 is 1.95 bits per heavy atom. The molecule has 39 heavy (non-hydrogen) atoms. The van der Waals surface area contributed by atoms with Crippen molar-refractivity contribution in [2.45, 2.75) is 6.92 Å². The zero-order valence-corrected chi connectivity index (χ0v) is 23.9. The van der Waals surface area contributed by atoms with E-state index in [-0.39, 0.29) is 5.91 Å². The predicted molar refractivity (Wildman–Crippen MR) is 161 cm³/mol. The topological polar surface area (TPSA) is 87.5 Å². The summed E-state index contributed by atoms with van der Waals surface area (Å²) in [5.41, 5.74) is 5.75. The van der Waals surface area contributed by atoms with Gasteiger partial charge in [0.1, 0.15) is 5.75 Å². The molecule has 0 aliphatic carbocycles. The Hall–Kier alpha value is -4.08. The number of rotatable bonds is 10. The smallest absolute Gasteiger partial charge is 0.247 e. The van der Waals surface area contributed by atoms with Gasteiger partial charge in [0.05, 0.1) is 40.4 Å². The highest BCUT2D eigenvalue weighted by molar-refractivity contribution is 6.35. The van der Waals surface area contributed by atoms with Crippen LogP contribution < -0.4 is 20.3 Å². The van der Waals surface area contributed by atoms with Gasteiger partial charge in [-0.3, -0.25) is 4.79 Å². The number of benzene rings is 2. The quantitative estimate of drug-likeness (QED) is 0.254. The van der Waals surface area contributed by atoms with Gasteiger partial charge in [-0.25, -0.2) is 9.97 Å². The number of likely N-dealkylation sites (N-methyl/N-ethyl adjacent to an activating group) is 2. The van der Waals surface area contributed by atoms with E-state index in [4.69, 9.17) is 21.3 Å². The lowest BCUT2D eigenvalue weighted by molar-refractivity contribution is -0.111. The van der Waals surface area contributed by atoms with E-state index >= 15 is 0 Å². The maximum atomic E-state index is 12.2. The average Bonchev–Trinajstić information content (AvgIpc) is 3.20. The first-order valence-corrected chi connectivity index (χ1v) is 12.9. The molecule has 2 aromatic heterocycles. The Kier molecular flexibility index (Phi) is 8.42. The molecule has 0 bridgehead atoms. The number of hydrogen-bond acceptors (Lipinski definition) is 7. The summed E-state index contributed by atoms with van der Waals surface area (Å²) in [7, 11) is 9.59. The van der Waals surface area contributed by atoms with Crippen LogP contribution in [-0.2, 0) is 11.8 Å². The van der Waals surface area contributed by atoms with Crippen molar-refractivity contribution in [2.24, 2.45) is 7.05 Å². The fourth-order valence-electron chi connectivity index (χ4n) is 4.44. The summed E-state index contributed by atoms with van der Waals surface area (Å²) in [6, 6.07) is 9.54. The summed E-state index contributed by atoms with van der Waals surface area (Å²) < 4.78 is 7.73. The van der Waals surface area contributed by atoms with Gasteiger partial charge >= 0.3 is 0 Å². The van der Waals surface area contributed by atoms with Gasteiger partial charge in [0, 0.05) is 56.6 Å². The molecular weight excluding hydrogens is 514 g/mol. The number of nitrogens with zero attached hydrogens (tertiary/aromatic N) is 5. The van der Waals surface area contributed by atoms with E-state index in [9.17, 15) is 4.79 Å². The summed E-state index contributed by atoms with van der Waals surface area (Å²) in [5.74, 6) is 0.647. The van der Waals surface area contributed by atoms with E-state index in [2.05, 4.69) is 51.2 Å². The Bertz CT molecular complexity index is 1530. The number of nitrogens with one attached hydrogen (secondary N) is 2. The molecule has 2 N–H and O–H groups in total. The number of hydrogen-bond donors (Lipinski definition) is 2. The maximum absolute atomic E-state index is 12.2. The molecule has 0 aliphatic heterocycles. The van der Waals surface area contributed by atoms with Crippen LogP contribution in [0.4, 0.5) is 23.0 Å². The SMILES string of the molecule is C=CC(=O)Nc1cc(Nc2nccc(-c3cc(Cl)c4c(c3)c(C)cn4C)n2)c(OC)cc1N(C)CCN(C)C. The number of carbonyl (C=O) groups is 1. The van der Waals surface area contributed by atoms with Gasteiger partial charge in [0.25, 0.3) is 0 Å². The van der Waals surface area contributed by atoms with Crippen molar-refractivity contribution in [3.8, 4) is 17.0 Å². The van der Waals surface area contributed by atoms with Crippen LogP contribution in [0.2, 0.25) is 5.02 Å². The third-order valence-electron chi connectivity index (χ3n) is 6.48. The van der Waals surface area contributed by atoms with Crippen molar-refractivity contribution in [3.05, 3.63) is 66.0 Å². The number of anilines is 4. The summed E-state index contributed by atoms with van der Waals surface area (Å²) in [4.78, 5) is 25.6. The van der Waals surface area contributed by atoms with Crippen molar-refractivity contribution >= 4 is 51.4 Å². The van der Waals surface area contributed by atoms with Gasteiger partial charge in [-0.05, 0) is 56.9 Å². The molecule has 10 heteroatoms. The summed E-state index contributed by atoms with van der Waals surface area (Å²) in [6.45, 7) is 7.23. The van der Waals surface area contributed by atoms with E-state index in [0.29, 0.717) is 28.1 Å². The highest BCUT2D eigenvalue weighted by atomic mass is 35.5. The molecule has 2 heterocycles. The lowest BCUT2D eigenvalue weighted by Gasteiger charge is -2.26. The van der Waals surface area contributed by atoms with E-state index < -0.39 is 0 Å². The average molecular weight is 548 g/mol. The number of halogens is 1. The van der Waals surface area contributed by atoms with Gasteiger partial charge in [-0.2, -0.15) is 0 Å². The molecule has 2 aromatic carbocycles. The first-order chi connectivity index (χ1) is 18.6. The predicted octanol–water partition coefficient (Wildman–Crippen LogP) is 5.47. The van der Waals surface area contributed by atoms with Crippen LogP contribution in [0.3, 0.4) is 0 Å². The Morgan fingerprint density at radius 3 is 2.64 bits per heavy atom. The highest BCUT2D eigenvalue weighted by Crippen LogP contribution is 2.38. The standard InChI is InChI=1S/C29H34ClN7O2/c1-8-27(38)32-23-15-24(26(39-7)16-25(23)36(5)12-11-35(3)4)34-29-31-10-9-22(33-29)19-13-20-18(2)17-37(6)28(20)21(30)14-19/h8-10,13-17H,1,11-12H2,2-7H3,(H,32,38)(H,31,33,34). The molecule has 0 fully saturated rings. The van der Waals surface area contributed by atoms with Crippen LogP contribution in [0.25, 0.3) is 22.2 Å². The normalized spacial score (nSPS) is 11.1. The lowest BCUT2D eigenvalue weighted by Crippen LogP contribution is -2.29. The van der Waals surface area contributed by atoms with Crippen molar-refractivity contribution in [1.82, 2.24) is 19.4 Å². The van der Waals surface area contributed by atoms with Gasteiger partial charge in [-0.15, -0.1) is 0 Å². The zero-order chi connectivity index (χ0) is 28.3. The molecule has 204 valence electrons. The van der Waals surface area contributed by atoms with Gasteiger partial charge in [-0.1, -0.05) is 18.2 Å². The van der Waals surface area contributed by atoms with Crippen LogP contribution in [-0.4, -0.2) is 66.7 Å². The number of carbonyl (C=O) groups excluding carboxylic acids is 1. The monoisotopic (exact) mass is 547 g/mol. The minimum absolute atomic E-state index is 0.310. The number of amides is 1. The highest BCUT2D eigenvalue weighted by Gasteiger charge is 2.17. The van der Waals surface area contributed by atoms with E-state index in [0.717, 1.165) is 46.5 Å². The van der Waals surface area contributed by atoms with Crippen molar-refractivity contribution in [3.63, 3.8) is 0 Å². The Balaban J connectivity index is 1.71. The van der Waals surface area contributed by atoms with Crippen LogP contribution in [0.1, 0.15) is 5.56 Å². The second kappa shape index (κ2) is 11.8. The fraction of sp³-hybridized carbons (Fsp3) is 0.276. The molecule has 0 saturated carbocycles. The van der Waals surface area contributed by atoms with Crippen molar-refractivity contribution < 1.29 is 9.53 Å². The van der Waals surface area contributed by atoms with Crippen LogP contribution in [0.15, 0.2) is 55.4 Å². The third-order valence-corrected chi connectivity index (χ3v) is 6.77. The maximum Gasteiger partial charge on any atom is 0.247 e. The van der Waals surface area contributed by atoms with Crippen LogP contribution in [0, 0.1) is 6.92 Å². The summed E-state index contributed by atoms with van der Waals surface area (Å²) in [5, 5.41) is 7.90. The van der Waals surface area contributed by atoms with Crippen molar-refractivity contribution in [1.29, 1.82) is 0 Å². The Morgan fingerprint density at radius 1 is 1.18 bits per heavy atom. The number of fused-ring (bicyclic) bond motifs is 1. The van der Waals surface area contributed by atoms with E-state index in [1.54, 1.807) is 13.3 Å². The Labute approximate surface area is 234 Å². The van der Waals surface area contributed by atoms with E-state index in [1.807, 2.05) is 57.0 Å². The first-order valence-electron chi connectivity index (χ1n) is 12.5. The van der Waals surface area contributed by atoms with Crippen LogP contribution >= 0.6 is 11.6 Å². The van der Waals surface area contributed by atoms with E-state index in [1.165, 1.54) is 6.08 Å². The first kappa shape index (κ1) is 27.9. The fourth-order valence-corrected chi connectivity index (χ4v) is 4.79.